The summed E-state index contributed by atoms with van der Waals surface area (Å²) < 4.78 is 25.8. The van der Waals surface area contributed by atoms with Crippen LogP contribution in [0.25, 0.3) is 0 Å². The zero-order chi connectivity index (χ0) is 25.9. The number of amides is 2. The van der Waals surface area contributed by atoms with Gasteiger partial charge in [-0.2, -0.15) is 0 Å². The van der Waals surface area contributed by atoms with E-state index in [4.69, 9.17) is 0 Å². The number of phenolic OH excluding ortho intramolecular Hbond substituents is 1. The van der Waals surface area contributed by atoms with E-state index in [0.717, 1.165) is 42.2 Å². The Bertz CT molecular complexity index is 1240. The molecule has 2 aromatic rings. The van der Waals surface area contributed by atoms with Gasteiger partial charge in [0.25, 0.3) is 0 Å². The number of phenols is 1. The highest BCUT2D eigenvalue weighted by Crippen LogP contribution is 2.32. The van der Waals surface area contributed by atoms with E-state index in [1.807, 2.05) is 13.0 Å². The van der Waals surface area contributed by atoms with E-state index in [-0.39, 0.29) is 24.1 Å². The molecule has 0 radical (unpaired) electrons. The van der Waals surface area contributed by atoms with Gasteiger partial charge in [-0.05, 0) is 73.2 Å². The number of rotatable bonds is 8. The van der Waals surface area contributed by atoms with E-state index in [0.29, 0.717) is 35.3 Å². The topological polar surface area (TPSA) is 116 Å². The minimum Gasteiger partial charge on any atom is -0.507 e. The first kappa shape index (κ1) is 26.5. The van der Waals surface area contributed by atoms with E-state index in [9.17, 15) is 23.1 Å². The second-order valence-electron chi connectivity index (χ2n) is 9.39. The van der Waals surface area contributed by atoms with Gasteiger partial charge in [0, 0.05) is 30.8 Å². The van der Waals surface area contributed by atoms with Crippen LogP contribution in [0.5, 0.6) is 5.75 Å². The van der Waals surface area contributed by atoms with Crippen molar-refractivity contribution in [3.8, 4) is 5.75 Å². The van der Waals surface area contributed by atoms with Crippen molar-refractivity contribution >= 4 is 33.2 Å². The van der Waals surface area contributed by atoms with Crippen LogP contribution in [0.3, 0.4) is 0 Å². The summed E-state index contributed by atoms with van der Waals surface area (Å²) in [7, 11) is -3.43. The average molecular weight is 502 g/mol. The second-order valence-corrected chi connectivity index (χ2v) is 11.1. The molecule has 190 valence electrons. The molecule has 35 heavy (non-hydrogen) atoms. The van der Waals surface area contributed by atoms with Gasteiger partial charge in [0.1, 0.15) is 11.8 Å². The van der Waals surface area contributed by atoms with Gasteiger partial charge in [-0.25, -0.2) is 8.42 Å². The molecule has 0 aromatic heterocycles. The highest BCUT2D eigenvalue weighted by Gasteiger charge is 2.35. The molecule has 1 unspecified atom stereocenters. The van der Waals surface area contributed by atoms with Gasteiger partial charge in [0.15, 0.2) is 0 Å². The summed E-state index contributed by atoms with van der Waals surface area (Å²) >= 11 is 0. The van der Waals surface area contributed by atoms with Crippen molar-refractivity contribution in [1.82, 2.24) is 4.90 Å². The Kier molecular flexibility index (Phi) is 8.10. The first-order chi connectivity index (χ1) is 16.4. The lowest BCUT2D eigenvalue weighted by atomic mass is 9.92. The molecule has 2 amide bonds. The van der Waals surface area contributed by atoms with Crippen molar-refractivity contribution in [1.29, 1.82) is 0 Å². The predicted molar refractivity (Wildman–Crippen MR) is 138 cm³/mol. The van der Waals surface area contributed by atoms with E-state index < -0.39 is 16.1 Å². The SMILES string of the molecule is CCCCCC(=O)N1Cc2cc(NS(C)(=O)=O)ccc2CC1C(=O)Nc1cc(C)c(O)c(C)c1C. The first-order valence-corrected chi connectivity index (χ1v) is 13.8. The fraction of sp³-hybridized carbons (Fsp3) is 0.462. The lowest BCUT2D eigenvalue weighted by molar-refractivity contribution is -0.140. The molecular weight excluding hydrogens is 466 g/mol. The highest BCUT2D eigenvalue weighted by molar-refractivity contribution is 7.92. The third-order valence-electron chi connectivity index (χ3n) is 6.57. The number of anilines is 2. The smallest absolute Gasteiger partial charge is 0.247 e. The van der Waals surface area contributed by atoms with Crippen LogP contribution in [-0.2, 0) is 32.6 Å². The van der Waals surface area contributed by atoms with Crippen LogP contribution < -0.4 is 10.0 Å². The van der Waals surface area contributed by atoms with Crippen LogP contribution in [-0.4, -0.2) is 42.5 Å². The van der Waals surface area contributed by atoms with E-state index >= 15 is 0 Å². The number of fused-ring (bicyclic) bond motifs is 1. The van der Waals surface area contributed by atoms with Gasteiger partial charge in [-0.1, -0.05) is 25.8 Å². The Hall–Kier alpha value is -3.07. The molecule has 0 saturated carbocycles. The molecule has 0 spiro atoms. The van der Waals surface area contributed by atoms with Crippen LogP contribution in [0.4, 0.5) is 11.4 Å². The Morgan fingerprint density at radius 1 is 1.09 bits per heavy atom. The van der Waals surface area contributed by atoms with Crippen LogP contribution in [0.2, 0.25) is 0 Å². The van der Waals surface area contributed by atoms with Crippen LogP contribution >= 0.6 is 0 Å². The Morgan fingerprint density at radius 3 is 2.46 bits per heavy atom. The third kappa shape index (κ3) is 6.33. The summed E-state index contributed by atoms with van der Waals surface area (Å²) in [6.45, 7) is 7.71. The zero-order valence-electron chi connectivity index (χ0n) is 21.1. The molecule has 1 aliphatic heterocycles. The number of carbonyl (C=O) groups excluding carboxylic acids is 2. The number of aryl methyl sites for hydroxylation is 1. The van der Waals surface area contributed by atoms with E-state index in [1.54, 1.807) is 36.9 Å². The van der Waals surface area contributed by atoms with Crippen molar-refractivity contribution < 1.29 is 23.1 Å². The van der Waals surface area contributed by atoms with Crippen LogP contribution in [0.1, 0.15) is 60.4 Å². The Labute approximate surface area is 207 Å². The number of nitrogens with one attached hydrogen (secondary N) is 2. The monoisotopic (exact) mass is 501 g/mol. The summed E-state index contributed by atoms with van der Waals surface area (Å²) in [5.74, 6) is -0.177. The molecule has 9 heteroatoms. The quantitative estimate of drug-likeness (QED) is 0.371. The standard InChI is InChI=1S/C26H35N3O5S/c1-6-7-8-9-24(30)29-15-20-13-21(28-35(5,33)34)11-10-19(20)14-23(29)26(32)27-22-12-16(2)25(31)18(4)17(22)3/h10-13,23,28,31H,6-9,14-15H2,1-5H3,(H,27,32). The summed E-state index contributed by atoms with van der Waals surface area (Å²) in [5, 5.41) is 13.2. The highest BCUT2D eigenvalue weighted by atomic mass is 32.2. The lowest BCUT2D eigenvalue weighted by Crippen LogP contribution is -2.50. The third-order valence-corrected chi connectivity index (χ3v) is 7.18. The minimum atomic E-state index is -3.43. The summed E-state index contributed by atoms with van der Waals surface area (Å²) in [6, 6.07) is 6.25. The summed E-state index contributed by atoms with van der Waals surface area (Å²) in [6.07, 6.45) is 4.43. The largest absolute Gasteiger partial charge is 0.507 e. The zero-order valence-corrected chi connectivity index (χ0v) is 21.9. The molecule has 0 bridgehead atoms. The Balaban J connectivity index is 1.92. The van der Waals surface area contributed by atoms with Crippen molar-refractivity contribution in [2.45, 2.75) is 72.4 Å². The maximum absolute atomic E-state index is 13.5. The molecular formula is C26H35N3O5S. The number of hydrogen-bond donors (Lipinski definition) is 3. The van der Waals surface area contributed by atoms with Crippen LogP contribution in [0, 0.1) is 20.8 Å². The molecule has 1 aliphatic rings. The normalized spacial score (nSPS) is 15.5. The molecule has 8 nitrogen and oxygen atoms in total. The fourth-order valence-electron chi connectivity index (χ4n) is 4.44. The molecule has 1 heterocycles. The molecule has 3 rings (SSSR count). The van der Waals surface area contributed by atoms with Gasteiger partial charge >= 0.3 is 0 Å². The molecule has 0 aliphatic carbocycles. The van der Waals surface area contributed by atoms with E-state index in [1.165, 1.54) is 0 Å². The van der Waals surface area contributed by atoms with Gasteiger partial charge in [-0.3, -0.25) is 14.3 Å². The second kappa shape index (κ2) is 10.7. The van der Waals surface area contributed by atoms with Gasteiger partial charge < -0.3 is 15.3 Å². The van der Waals surface area contributed by atoms with Crippen molar-refractivity contribution in [2.75, 3.05) is 16.3 Å². The van der Waals surface area contributed by atoms with Crippen molar-refractivity contribution in [3.63, 3.8) is 0 Å². The Morgan fingerprint density at radius 2 is 1.80 bits per heavy atom. The van der Waals surface area contributed by atoms with E-state index in [2.05, 4.69) is 17.0 Å². The number of sulfonamides is 1. The number of hydrogen-bond acceptors (Lipinski definition) is 5. The first-order valence-electron chi connectivity index (χ1n) is 11.9. The maximum atomic E-state index is 13.5. The molecule has 0 saturated heterocycles. The van der Waals surface area contributed by atoms with Crippen molar-refractivity contribution in [3.05, 3.63) is 52.1 Å². The number of benzene rings is 2. The fourth-order valence-corrected chi connectivity index (χ4v) is 5.00. The summed E-state index contributed by atoms with van der Waals surface area (Å²) in [5.41, 5.74) is 4.90. The number of carbonyl (C=O) groups is 2. The molecule has 3 N–H and O–H groups in total. The molecule has 2 aromatic carbocycles. The molecule has 1 atom stereocenters. The van der Waals surface area contributed by atoms with Gasteiger partial charge in [0.2, 0.25) is 21.8 Å². The van der Waals surface area contributed by atoms with Crippen molar-refractivity contribution in [2.24, 2.45) is 0 Å². The van der Waals surface area contributed by atoms with Gasteiger partial charge in [-0.15, -0.1) is 0 Å². The maximum Gasteiger partial charge on any atom is 0.247 e. The van der Waals surface area contributed by atoms with Gasteiger partial charge in [0.05, 0.1) is 6.26 Å². The number of nitrogens with zero attached hydrogens (tertiary/aromatic N) is 1. The average Bonchev–Trinajstić information content (AvgIpc) is 2.79. The lowest BCUT2D eigenvalue weighted by Gasteiger charge is -2.36. The van der Waals surface area contributed by atoms with Crippen LogP contribution in [0.15, 0.2) is 24.3 Å². The number of aromatic hydroxyl groups is 1. The summed E-state index contributed by atoms with van der Waals surface area (Å²) in [4.78, 5) is 28.3. The molecule has 0 fully saturated rings. The predicted octanol–water partition coefficient (Wildman–Crippen LogP) is 4.16. The minimum absolute atomic E-state index is 0.0967. The number of unbranched alkanes of at least 4 members (excludes halogenated alkanes) is 2.